The van der Waals surface area contributed by atoms with Crippen LogP contribution in [0.5, 0.6) is 0 Å². The summed E-state index contributed by atoms with van der Waals surface area (Å²) in [6.45, 7) is 0. The average molecular weight is 168 g/mol. The van der Waals surface area contributed by atoms with Crippen molar-refractivity contribution < 1.29 is 10.0 Å². The van der Waals surface area contributed by atoms with E-state index in [0.717, 1.165) is 0 Å². The van der Waals surface area contributed by atoms with E-state index in [-0.39, 0.29) is 5.82 Å². The first-order valence-corrected chi connectivity index (χ1v) is 5.15. The minimum absolute atomic E-state index is 0.201. The van der Waals surface area contributed by atoms with Gasteiger partial charge in [-0.1, -0.05) is 38.5 Å². The van der Waals surface area contributed by atoms with Gasteiger partial charge < -0.3 is 10.0 Å². The van der Waals surface area contributed by atoms with Gasteiger partial charge in [0, 0.05) is 0 Å². The van der Waals surface area contributed by atoms with Crippen LogP contribution in [0, 0.1) is 11.8 Å². The van der Waals surface area contributed by atoms with Crippen LogP contribution in [-0.4, -0.2) is 17.2 Å². The summed E-state index contributed by atoms with van der Waals surface area (Å²) >= 11 is 0. The molecule has 2 nitrogen and oxygen atoms in total. The summed E-state index contributed by atoms with van der Waals surface area (Å²) in [4.78, 5) is 0. The lowest BCUT2D eigenvalue weighted by Crippen LogP contribution is -2.38. The predicted molar refractivity (Wildman–Crippen MR) is 48.6 cm³/mol. The van der Waals surface area contributed by atoms with Crippen molar-refractivity contribution in [3.8, 4) is 0 Å². The van der Waals surface area contributed by atoms with Crippen LogP contribution in [0.2, 0.25) is 5.82 Å². The van der Waals surface area contributed by atoms with Gasteiger partial charge in [-0.05, 0) is 17.7 Å². The van der Waals surface area contributed by atoms with Crippen molar-refractivity contribution in [2.45, 2.75) is 44.3 Å². The van der Waals surface area contributed by atoms with Gasteiger partial charge in [-0.25, -0.2) is 0 Å². The number of rotatable bonds is 1. The van der Waals surface area contributed by atoms with Gasteiger partial charge in [0.2, 0.25) is 0 Å². The fourth-order valence-electron chi connectivity index (χ4n) is 3.21. The SMILES string of the molecule is OB(O)C1C2CCCC1CCC2. The molecule has 0 aromatic rings. The lowest BCUT2D eigenvalue weighted by Gasteiger charge is -2.42. The highest BCUT2D eigenvalue weighted by molar-refractivity contribution is 6.43. The monoisotopic (exact) mass is 168 g/mol. The number of hydrogen-bond donors (Lipinski definition) is 2. The molecule has 2 rings (SSSR count). The molecule has 0 atom stereocenters. The van der Waals surface area contributed by atoms with E-state index in [9.17, 15) is 10.0 Å². The van der Waals surface area contributed by atoms with Crippen LogP contribution in [0.25, 0.3) is 0 Å². The first-order chi connectivity index (χ1) is 5.79. The van der Waals surface area contributed by atoms with E-state index >= 15 is 0 Å². The Morgan fingerprint density at radius 2 is 1.25 bits per heavy atom. The summed E-state index contributed by atoms with van der Waals surface area (Å²) in [7, 11) is -1.06. The normalized spacial score (nSPS) is 41.0. The van der Waals surface area contributed by atoms with Crippen molar-refractivity contribution in [3.63, 3.8) is 0 Å². The molecule has 3 heteroatoms. The van der Waals surface area contributed by atoms with Gasteiger partial charge in [0.25, 0.3) is 0 Å². The molecule has 12 heavy (non-hydrogen) atoms. The second kappa shape index (κ2) is 3.39. The van der Waals surface area contributed by atoms with Gasteiger partial charge in [0.15, 0.2) is 0 Å². The van der Waals surface area contributed by atoms with Crippen molar-refractivity contribution in [3.05, 3.63) is 0 Å². The van der Waals surface area contributed by atoms with Gasteiger partial charge in [-0.2, -0.15) is 0 Å². The van der Waals surface area contributed by atoms with Crippen LogP contribution >= 0.6 is 0 Å². The smallest absolute Gasteiger partial charge is 0.427 e. The van der Waals surface area contributed by atoms with Crippen molar-refractivity contribution in [1.29, 1.82) is 0 Å². The lowest BCUT2D eigenvalue weighted by atomic mass is 9.51. The van der Waals surface area contributed by atoms with Crippen LogP contribution in [0.4, 0.5) is 0 Å². The fourth-order valence-corrected chi connectivity index (χ4v) is 3.21. The van der Waals surface area contributed by atoms with E-state index in [4.69, 9.17) is 0 Å². The molecule has 0 aromatic carbocycles. The molecule has 0 spiro atoms. The maximum Gasteiger partial charge on any atom is 0.455 e. The van der Waals surface area contributed by atoms with E-state index in [2.05, 4.69) is 0 Å². The topological polar surface area (TPSA) is 40.5 Å². The van der Waals surface area contributed by atoms with Gasteiger partial charge in [0.1, 0.15) is 0 Å². The first kappa shape index (κ1) is 8.58. The second-order valence-corrected chi connectivity index (χ2v) is 4.37. The molecule has 2 aliphatic carbocycles. The molecule has 0 saturated heterocycles. The molecule has 0 aromatic heterocycles. The molecular weight excluding hydrogens is 151 g/mol. The van der Waals surface area contributed by atoms with E-state index < -0.39 is 7.12 Å². The summed E-state index contributed by atoms with van der Waals surface area (Å²) in [5, 5.41) is 18.5. The van der Waals surface area contributed by atoms with Gasteiger partial charge in [0.05, 0.1) is 0 Å². The highest BCUT2D eigenvalue weighted by Gasteiger charge is 2.42. The average Bonchev–Trinajstić information content (AvgIpc) is 2.02. The number of fused-ring (bicyclic) bond motifs is 2. The molecule has 0 unspecified atom stereocenters. The molecule has 0 amide bonds. The Bertz CT molecular complexity index is 139. The van der Waals surface area contributed by atoms with Gasteiger partial charge >= 0.3 is 7.12 Å². The van der Waals surface area contributed by atoms with E-state index in [0.29, 0.717) is 11.8 Å². The fraction of sp³-hybridized carbons (Fsp3) is 1.00. The standard InChI is InChI=1S/C9H17BO2/c11-10(12)9-7-3-1-4-8(9)6-2-5-7/h7-9,11-12H,1-6H2. The Hall–Kier alpha value is -0.0151. The quantitative estimate of drug-likeness (QED) is 0.581. The summed E-state index contributed by atoms with van der Waals surface area (Å²) in [5.74, 6) is 1.42. The zero-order chi connectivity index (χ0) is 8.55. The third-order valence-electron chi connectivity index (χ3n) is 3.73. The largest absolute Gasteiger partial charge is 0.455 e. The third-order valence-corrected chi connectivity index (χ3v) is 3.73. The molecule has 0 radical (unpaired) electrons. The molecule has 2 fully saturated rings. The Morgan fingerprint density at radius 3 is 1.50 bits per heavy atom. The molecule has 0 heterocycles. The van der Waals surface area contributed by atoms with Crippen LogP contribution in [0.15, 0.2) is 0 Å². The van der Waals surface area contributed by atoms with Crippen LogP contribution in [0.1, 0.15) is 38.5 Å². The summed E-state index contributed by atoms with van der Waals surface area (Å²) in [5.41, 5.74) is 0. The maximum atomic E-state index is 9.24. The minimum Gasteiger partial charge on any atom is -0.427 e. The number of hydrogen-bond acceptors (Lipinski definition) is 2. The van der Waals surface area contributed by atoms with E-state index in [1.165, 1.54) is 38.5 Å². The van der Waals surface area contributed by atoms with Crippen molar-refractivity contribution in [2.24, 2.45) is 11.8 Å². The first-order valence-electron chi connectivity index (χ1n) is 5.15. The van der Waals surface area contributed by atoms with E-state index in [1.807, 2.05) is 0 Å². The molecule has 68 valence electrons. The molecule has 2 N–H and O–H groups in total. The van der Waals surface area contributed by atoms with Crippen molar-refractivity contribution >= 4 is 7.12 Å². The predicted octanol–water partition coefficient (Wildman–Crippen LogP) is 1.43. The van der Waals surface area contributed by atoms with Crippen LogP contribution in [0.3, 0.4) is 0 Å². The Kier molecular flexibility index (Phi) is 2.42. The maximum absolute atomic E-state index is 9.24. The molecular formula is C9H17BO2. The Balaban J connectivity index is 2.08. The van der Waals surface area contributed by atoms with E-state index in [1.54, 1.807) is 0 Å². The second-order valence-electron chi connectivity index (χ2n) is 4.37. The molecule has 0 aliphatic heterocycles. The van der Waals surface area contributed by atoms with Crippen LogP contribution in [-0.2, 0) is 0 Å². The molecule has 2 saturated carbocycles. The third kappa shape index (κ3) is 1.40. The minimum atomic E-state index is -1.06. The van der Waals surface area contributed by atoms with Crippen LogP contribution < -0.4 is 0 Å². The van der Waals surface area contributed by atoms with Crippen molar-refractivity contribution in [2.75, 3.05) is 0 Å². The summed E-state index contributed by atoms with van der Waals surface area (Å²) in [6.07, 6.45) is 7.49. The van der Waals surface area contributed by atoms with Crippen molar-refractivity contribution in [1.82, 2.24) is 0 Å². The molecule has 2 aliphatic rings. The van der Waals surface area contributed by atoms with Gasteiger partial charge in [-0.15, -0.1) is 0 Å². The molecule has 2 bridgehead atoms. The lowest BCUT2D eigenvalue weighted by molar-refractivity contribution is 0.161. The highest BCUT2D eigenvalue weighted by atomic mass is 16.4. The highest BCUT2D eigenvalue weighted by Crippen LogP contribution is 2.48. The Morgan fingerprint density at radius 1 is 0.833 bits per heavy atom. The zero-order valence-electron chi connectivity index (χ0n) is 7.45. The Labute approximate surface area is 74.1 Å². The summed E-state index contributed by atoms with van der Waals surface area (Å²) in [6, 6.07) is 0. The zero-order valence-corrected chi connectivity index (χ0v) is 7.45. The summed E-state index contributed by atoms with van der Waals surface area (Å²) < 4.78 is 0. The van der Waals surface area contributed by atoms with Gasteiger partial charge in [-0.3, -0.25) is 0 Å².